The molecule has 0 radical (unpaired) electrons. The summed E-state index contributed by atoms with van der Waals surface area (Å²) in [6.45, 7) is 6.73. The number of aryl methyl sites for hydroxylation is 1. The van der Waals surface area contributed by atoms with Gasteiger partial charge in [0.25, 0.3) is 0 Å². The van der Waals surface area contributed by atoms with Gasteiger partial charge in [0.15, 0.2) is 0 Å². The van der Waals surface area contributed by atoms with Crippen LogP contribution in [-0.2, 0) is 11.8 Å². The van der Waals surface area contributed by atoms with Crippen molar-refractivity contribution in [1.29, 1.82) is 5.26 Å². The number of aromatic nitrogens is 5. The summed E-state index contributed by atoms with van der Waals surface area (Å²) in [6, 6.07) is 9.55. The first kappa shape index (κ1) is 25.4. The van der Waals surface area contributed by atoms with Crippen molar-refractivity contribution in [3.63, 3.8) is 0 Å². The van der Waals surface area contributed by atoms with E-state index in [1.807, 2.05) is 37.9 Å². The van der Waals surface area contributed by atoms with Crippen molar-refractivity contribution in [2.45, 2.75) is 24.9 Å². The van der Waals surface area contributed by atoms with Crippen LogP contribution in [0.15, 0.2) is 73.2 Å². The Labute approximate surface area is 233 Å². The van der Waals surface area contributed by atoms with Crippen LogP contribution >= 0.6 is 0 Å². The molecular weight excluding hydrogens is 500 g/mol. The number of nitriles is 1. The van der Waals surface area contributed by atoms with Crippen molar-refractivity contribution >= 4 is 11.3 Å². The van der Waals surface area contributed by atoms with Gasteiger partial charge < -0.3 is 9.64 Å². The van der Waals surface area contributed by atoms with Crippen molar-refractivity contribution < 1.29 is 4.74 Å². The quantitative estimate of drug-likeness (QED) is 0.193. The van der Waals surface area contributed by atoms with Crippen molar-refractivity contribution in [2.75, 3.05) is 31.6 Å². The Kier molecular flexibility index (Phi) is 6.59. The molecule has 3 fully saturated rings. The molecule has 3 aliphatic rings. The van der Waals surface area contributed by atoms with Gasteiger partial charge in [-0.05, 0) is 37.1 Å². The summed E-state index contributed by atoms with van der Waals surface area (Å²) in [6.07, 6.45) is 18.8. The summed E-state index contributed by atoms with van der Waals surface area (Å²) in [4.78, 5) is 9.80. The minimum atomic E-state index is 0.510. The number of terminal acetylenes is 1. The molecule has 0 aromatic carbocycles. The summed E-state index contributed by atoms with van der Waals surface area (Å²) in [7, 11) is 3.52. The van der Waals surface area contributed by atoms with E-state index < -0.39 is 0 Å². The smallest absolute Gasteiger partial charge is 0.129 e. The first-order valence-electron chi connectivity index (χ1n) is 13.3. The third-order valence-electron chi connectivity index (χ3n) is 7.91. The zero-order chi connectivity index (χ0) is 27.8. The van der Waals surface area contributed by atoms with Gasteiger partial charge in [-0.3, -0.25) is 9.58 Å². The van der Waals surface area contributed by atoms with E-state index in [1.165, 1.54) is 6.42 Å². The number of pyridine rings is 2. The van der Waals surface area contributed by atoms with Gasteiger partial charge in [-0.15, -0.1) is 6.42 Å². The molecule has 7 heterocycles. The van der Waals surface area contributed by atoms with Crippen molar-refractivity contribution in [1.82, 2.24) is 29.3 Å². The standard InChI is InChI=1S/C31H30N8O/c1-5-21(2)29(40-4)7-6-10-38-26-12-27(38)20-37(19-26)30-9-8-22(14-33-30)28-11-23(25-16-34-36(3)17-25)18-39-31(28)24(13-32)15-35-39/h1,7-9,11,14-18,26-27H,2,6,10,12,19-20H2,3-4H3/b29-7+. The van der Waals surface area contributed by atoms with Gasteiger partial charge in [-0.2, -0.15) is 15.5 Å². The average Bonchev–Trinajstić information content (AvgIpc) is 3.62. The molecule has 3 aliphatic heterocycles. The first-order chi connectivity index (χ1) is 19.5. The molecule has 200 valence electrons. The lowest BCUT2D eigenvalue weighted by atomic mass is 9.87. The molecule has 0 aliphatic carbocycles. The van der Waals surface area contributed by atoms with E-state index >= 15 is 0 Å². The fourth-order valence-corrected chi connectivity index (χ4v) is 5.87. The van der Waals surface area contributed by atoms with Crippen LogP contribution in [0, 0.1) is 23.7 Å². The second kappa shape index (κ2) is 10.4. The topological polar surface area (TPSA) is 87.5 Å². The zero-order valence-corrected chi connectivity index (χ0v) is 22.7. The second-order valence-corrected chi connectivity index (χ2v) is 10.3. The van der Waals surface area contributed by atoms with Crippen LogP contribution in [0.5, 0.6) is 0 Å². The molecule has 7 rings (SSSR count). The molecule has 0 saturated carbocycles. The van der Waals surface area contributed by atoms with E-state index in [4.69, 9.17) is 16.1 Å². The van der Waals surface area contributed by atoms with Crippen molar-refractivity contribution in [3.05, 3.63) is 78.7 Å². The van der Waals surface area contributed by atoms with Crippen LogP contribution in [0.1, 0.15) is 18.4 Å². The highest BCUT2D eigenvalue weighted by atomic mass is 16.5. The van der Waals surface area contributed by atoms with Crippen LogP contribution in [-0.4, -0.2) is 68.1 Å². The average molecular weight is 531 g/mol. The normalized spacial score (nSPS) is 18.7. The Bertz CT molecular complexity index is 1690. The van der Waals surface area contributed by atoms with E-state index in [2.05, 4.69) is 56.8 Å². The Morgan fingerprint density at radius 1 is 1.15 bits per heavy atom. The number of ether oxygens (including phenoxy) is 1. The summed E-state index contributed by atoms with van der Waals surface area (Å²) in [5.41, 5.74) is 5.69. The molecule has 9 heteroatoms. The number of rotatable bonds is 8. The summed E-state index contributed by atoms with van der Waals surface area (Å²) >= 11 is 0. The molecule has 4 aromatic heterocycles. The molecular formula is C31H30N8O. The van der Waals surface area contributed by atoms with Crippen LogP contribution in [0.3, 0.4) is 0 Å². The lowest BCUT2D eigenvalue weighted by Gasteiger charge is -2.56. The van der Waals surface area contributed by atoms with Gasteiger partial charge in [0.2, 0.25) is 0 Å². The predicted octanol–water partition coefficient (Wildman–Crippen LogP) is 4.04. The SMILES string of the molecule is C#CC(=C)/C(=C\CCN1C2CC1CN(c1ccc(-c3cc(-c4cnn(C)c4)cn4ncc(C#N)c34)cn1)C2)OC. The van der Waals surface area contributed by atoms with Gasteiger partial charge in [-0.1, -0.05) is 12.5 Å². The number of piperazine rings is 1. The van der Waals surface area contributed by atoms with Crippen LogP contribution in [0.2, 0.25) is 0 Å². The first-order valence-corrected chi connectivity index (χ1v) is 13.3. The maximum absolute atomic E-state index is 9.72. The van der Waals surface area contributed by atoms with Gasteiger partial charge >= 0.3 is 0 Å². The minimum Gasteiger partial charge on any atom is -0.496 e. The monoisotopic (exact) mass is 530 g/mol. The highest BCUT2D eigenvalue weighted by molar-refractivity contribution is 5.87. The fraction of sp³-hybridized carbons (Fsp3) is 0.290. The molecule has 3 saturated heterocycles. The van der Waals surface area contributed by atoms with E-state index in [1.54, 1.807) is 22.5 Å². The highest BCUT2D eigenvalue weighted by Gasteiger charge is 2.44. The zero-order valence-electron chi connectivity index (χ0n) is 22.7. The second-order valence-electron chi connectivity index (χ2n) is 10.3. The van der Waals surface area contributed by atoms with Gasteiger partial charge in [-0.25, -0.2) is 9.50 Å². The third kappa shape index (κ3) is 4.51. The number of piperidine rings is 1. The minimum absolute atomic E-state index is 0.510. The van der Waals surface area contributed by atoms with E-state index in [9.17, 15) is 5.26 Å². The molecule has 2 bridgehead atoms. The lowest BCUT2D eigenvalue weighted by Crippen LogP contribution is -2.68. The maximum atomic E-state index is 9.72. The summed E-state index contributed by atoms with van der Waals surface area (Å²) in [5, 5.41) is 18.5. The van der Waals surface area contributed by atoms with Crippen LogP contribution in [0.25, 0.3) is 27.8 Å². The molecule has 0 spiro atoms. The Morgan fingerprint density at radius 3 is 2.62 bits per heavy atom. The molecule has 2 atom stereocenters. The number of nitrogens with zero attached hydrogens (tertiary/aromatic N) is 8. The van der Waals surface area contributed by atoms with Crippen LogP contribution < -0.4 is 4.90 Å². The number of methoxy groups -OCH3 is 1. The van der Waals surface area contributed by atoms with Gasteiger partial charge in [0.1, 0.15) is 17.6 Å². The van der Waals surface area contributed by atoms with E-state index in [0.29, 0.717) is 29.0 Å². The predicted molar refractivity (Wildman–Crippen MR) is 154 cm³/mol. The highest BCUT2D eigenvalue weighted by Crippen LogP contribution is 2.36. The molecule has 40 heavy (non-hydrogen) atoms. The molecule has 2 unspecified atom stereocenters. The van der Waals surface area contributed by atoms with Gasteiger partial charge in [0, 0.05) is 79.6 Å². The fourth-order valence-electron chi connectivity index (χ4n) is 5.87. The Morgan fingerprint density at radius 2 is 1.98 bits per heavy atom. The van der Waals surface area contributed by atoms with Crippen molar-refractivity contribution in [2.24, 2.45) is 7.05 Å². The third-order valence-corrected chi connectivity index (χ3v) is 7.91. The molecule has 4 aromatic rings. The molecule has 0 amide bonds. The van der Waals surface area contributed by atoms with Gasteiger partial charge in [0.05, 0.1) is 36.2 Å². The summed E-state index contributed by atoms with van der Waals surface area (Å²) in [5.74, 6) is 4.20. The number of anilines is 1. The largest absolute Gasteiger partial charge is 0.496 e. The maximum Gasteiger partial charge on any atom is 0.129 e. The Hall–Kier alpha value is -4.86. The number of fused-ring (bicyclic) bond motifs is 3. The van der Waals surface area contributed by atoms with Crippen molar-refractivity contribution in [3.8, 4) is 40.7 Å². The van der Waals surface area contributed by atoms with E-state index in [-0.39, 0.29) is 0 Å². The number of hydrogen-bond acceptors (Lipinski definition) is 7. The molecule has 9 nitrogen and oxygen atoms in total. The van der Waals surface area contributed by atoms with Crippen LogP contribution in [0.4, 0.5) is 5.82 Å². The summed E-state index contributed by atoms with van der Waals surface area (Å²) < 4.78 is 8.91. The molecule has 0 N–H and O–H groups in total. The number of allylic oxidation sites excluding steroid dienone is 1. The Balaban J connectivity index is 1.19. The van der Waals surface area contributed by atoms with E-state index in [0.717, 1.165) is 59.6 Å². The number of hydrogen-bond donors (Lipinski definition) is 0. The lowest BCUT2D eigenvalue weighted by molar-refractivity contribution is 0.000743.